The lowest BCUT2D eigenvalue weighted by Gasteiger charge is -2.48. The van der Waals surface area contributed by atoms with Crippen LogP contribution in [0.25, 0.3) is 0 Å². The predicted molar refractivity (Wildman–Crippen MR) is 100 cm³/mol. The number of amides is 1. The average Bonchev–Trinajstić information content (AvgIpc) is 3.19. The SMILES string of the molecule is CN(C)C(=O)CN1CCC2(CCC(c3cccs3)(N(C)C)CC2)C1. The summed E-state index contributed by atoms with van der Waals surface area (Å²) in [6, 6.07) is 4.49. The van der Waals surface area contributed by atoms with Crippen molar-refractivity contribution in [3.63, 3.8) is 0 Å². The topological polar surface area (TPSA) is 26.8 Å². The molecule has 0 radical (unpaired) electrons. The minimum absolute atomic E-state index is 0.215. The second kappa shape index (κ2) is 6.77. The van der Waals surface area contributed by atoms with Crippen LogP contribution >= 0.6 is 11.3 Å². The molecule has 24 heavy (non-hydrogen) atoms. The van der Waals surface area contributed by atoms with Crippen LogP contribution in [0, 0.1) is 5.41 Å². The molecule has 2 fully saturated rings. The molecule has 1 aromatic rings. The normalized spacial score (nSPS) is 31.0. The van der Waals surface area contributed by atoms with Gasteiger partial charge in [0.2, 0.25) is 5.91 Å². The Morgan fingerprint density at radius 3 is 2.42 bits per heavy atom. The van der Waals surface area contributed by atoms with Gasteiger partial charge in [0.25, 0.3) is 0 Å². The molecule has 1 aliphatic heterocycles. The lowest BCUT2D eigenvalue weighted by atomic mass is 9.66. The van der Waals surface area contributed by atoms with E-state index >= 15 is 0 Å². The van der Waals surface area contributed by atoms with Gasteiger partial charge >= 0.3 is 0 Å². The van der Waals surface area contributed by atoms with E-state index in [1.807, 2.05) is 25.4 Å². The highest BCUT2D eigenvalue weighted by Crippen LogP contribution is 2.52. The molecule has 0 N–H and O–H groups in total. The molecule has 2 aliphatic rings. The lowest BCUT2D eigenvalue weighted by molar-refractivity contribution is -0.129. The van der Waals surface area contributed by atoms with Crippen LogP contribution < -0.4 is 0 Å². The van der Waals surface area contributed by atoms with E-state index in [4.69, 9.17) is 0 Å². The first-order chi connectivity index (χ1) is 11.4. The highest BCUT2D eigenvalue weighted by atomic mass is 32.1. The van der Waals surface area contributed by atoms with Gasteiger partial charge in [0.05, 0.1) is 12.1 Å². The van der Waals surface area contributed by atoms with E-state index in [-0.39, 0.29) is 11.4 Å². The number of nitrogens with zero attached hydrogens (tertiary/aromatic N) is 3. The van der Waals surface area contributed by atoms with Gasteiger partial charge in [-0.1, -0.05) is 6.07 Å². The van der Waals surface area contributed by atoms with Gasteiger partial charge in [-0.05, 0) is 69.6 Å². The van der Waals surface area contributed by atoms with E-state index in [1.165, 1.54) is 37.0 Å². The third-order valence-electron chi connectivity index (χ3n) is 6.35. The van der Waals surface area contributed by atoms with Gasteiger partial charge in [-0.2, -0.15) is 0 Å². The number of rotatable bonds is 4. The van der Waals surface area contributed by atoms with Gasteiger partial charge < -0.3 is 4.90 Å². The van der Waals surface area contributed by atoms with E-state index in [1.54, 1.807) is 4.90 Å². The number of hydrogen-bond acceptors (Lipinski definition) is 4. The van der Waals surface area contributed by atoms with Crippen molar-refractivity contribution >= 4 is 17.2 Å². The Hall–Kier alpha value is -0.910. The highest BCUT2D eigenvalue weighted by molar-refractivity contribution is 7.10. The summed E-state index contributed by atoms with van der Waals surface area (Å²) < 4.78 is 0. The lowest BCUT2D eigenvalue weighted by Crippen LogP contribution is -2.47. The number of hydrogen-bond donors (Lipinski definition) is 0. The zero-order chi connectivity index (χ0) is 17.4. The zero-order valence-corrected chi connectivity index (χ0v) is 16.4. The Balaban J connectivity index is 1.65. The molecule has 4 nitrogen and oxygen atoms in total. The summed E-state index contributed by atoms with van der Waals surface area (Å²) in [5.74, 6) is 0.226. The maximum atomic E-state index is 12.0. The molecule has 2 heterocycles. The Kier molecular flexibility index (Phi) is 5.05. The van der Waals surface area contributed by atoms with Crippen molar-refractivity contribution < 1.29 is 4.79 Å². The molecule has 0 bridgehead atoms. The molecule has 1 aliphatic carbocycles. The largest absolute Gasteiger partial charge is 0.348 e. The smallest absolute Gasteiger partial charge is 0.236 e. The molecule has 1 saturated heterocycles. The first-order valence-electron chi connectivity index (χ1n) is 9.01. The second-order valence-electron chi connectivity index (χ2n) is 8.15. The minimum Gasteiger partial charge on any atom is -0.348 e. The van der Waals surface area contributed by atoms with E-state index in [9.17, 15) is 4.79 Å². The minimum atomic E-state index is 0.215. The quantitative estimate of drug-likeness (QED) is 0.836. The molecular weight excluding hydrogens is 318 g/mol. The molecule has 134 valence electrons. The Morgan fingerprint density at radius 1 is 1.17 bits per heavy atom. The van der Waals surface area contributed by atoms with E-state index in [0.717, 1.165) is 13.1 Å². The summed E-state index contributed by atoms with van der Waals surface area (Å²) in [4.78, 5) is 20.0. The molecular formula is C19H31N3OS. The molecule has 1 spiro atoms. The molecule has 0 aromatic carbocycles. The third-order valence-corrected chi connectivity index (χ3v) is 7.41. The second-order valence-corrected chi connectivity index (χ2v) is 9.10. The van der Waals surface area contributed by atoms with Crippen molar-refractivity contribution in [1.82, 2.24) is 14.7 Å². The van der Waals surface area contributed by atoms with Crippen molar-refractivity contribution in [2.45, 2.75) is 37.6 Å². The summed E-state index contributed by atoms with van der Waals surface area (Å²) >= 11 is 1.90. The van der Waals surface area contributed by atoms with Crippen molar-refractivity contribution in [2.24, 2.45) is 5.41 Å². The van der Waals surface area contributed by atoms with Crippen molar-refractivity contribution in [1.29, 1.82) is 0 Å². The summed E-state index contributed by atoms with van der Waals surface area (Å²) in [5, 5.41) is 2.20. The van der Waals surface area contributed by atoms with E-state index in [2.05, 4.69) is 41.4 Å². The molecule has 0 atom stereocenters. The molecule has 1 aromatic heterocycles. The van der Waals surface area contributed by atoms with Gasteiger partial charge in [0, 0.05) is 25.5 Å². The van der Waals surface area contributed by atoms with Crippen LogP contribution in [0.15, 0.2) is 17.5 Å². The van der Waals surface area contributed by atoms with Gasteiger partial charge in [0.1, 0.15) is 0 Å². The molecule has 1 amide bonds. The standard InChI is InChI=1S/C19H31N3OS/c1-20(2)17(23)14-22-12-11-18(15-22)7-9-19(10-8-18,21(3)4)16-6-5-13-24-16/h5-6,13H,7-12,14-15H2,1-4H3. The number of likely N-dealkylation sites (N-methyl/N-ethyl adjacent to an activating group) is 1. The summed E-state index contributed by atoms with van der Waals surface area (Å²) in [6.45, 7) is 2.76. The number of carbonyl (C=O) groups excluding carboxylic acids is 1. The summed E-state index contributed by atoms with van der Waals surface area (Å²) in [6.07, 6.45) is 6.26. The Labute approximate surface area is 150 Å². The fourth-order valence-corrected chi connectivity index (χ4v) is 5.62. The van der Waals surface area contributed by atoms with E-state index < -0.39 is 0 Å². The first-order valence-corrected chi connectivity index (χ1v) is 9.89. The van der Waals surface area contributed by atoms with Crippen LogP contribution in [0.1, 0.15) is 37.0 Å². The van der Waals surface area contributed by atoms with Crippen molar-refractivity contribution in [3.8, 4) is 0 Å². The van der Waals surface area contributed by atoms with Gasteiger partial charge in [0.15, 0.2) is 0 Å². The summed E-state index contributed by atoms with van der Waals surface area (Å²) in [5.41, 5.74) is 0.648. The maximum Gasteiger partial charge on any atom is 0.236 e. The van der Waals surface area contributed by atoms with Gasteiger partial charge in [-0.3, -0.25) is 14.6 Å². The number of carbonyl (C=O) groups is 1. The van der Waals surface area contributed by atoms with Crippen LogP contribution in [0.2, 0.25) is 0 Å². The third kappa shape index (κ3) is 3.26. The first kappa shape index (κ1) is 17.9. The number of likely N-dealkylation sites (tertiary alicyclic amines) is 1. The van der Waals surface area contributed by atoms with E-state index in [0.29, 0.717) is 12.0 Å². The van der Waals surface area contributed by atoms with Crippen LogP contribution in [0.4, 0.5) is 0 Å². The molecule has 1 saturated carbocycles. The summed E-state index contributed by atoms with van der Waals surface area (Å²) in [7, 11) is 8.16. The van der Waals surface area contributed by atoms with Crippen LogP contribution in [-0.4, -0.2) is 68.4 Å². The Bertz CT molecular complexity index is 559. The predicted octanol–water partition coefficient (Wildman–Crippen LogP) is 2.86. The van der Waals surface area contributed by atoms with Gasteiger partial charge in [-0.15, -0.1) is 11.3 Å². The molecule has 3 rings (SSSR count). The highest BCUT2D eigenvalue weighted by Gasteiger charge is 2.48. The van der Waals surface area contributed by atoms with Crippen LogP contribution in [-0.2, 0) is 10.3 Å². The molecule has 5 heteroatoms. The van der Waals surface area contributed by atoms with Gasteiger partial charge in [-0.25, -0.2) is 0 Å². The molecule has 0 unspecified atom stereocenters. The number of thiophene rings is 1. The Morgan fingerprint density at radius 2 is 1.88 bits per heavy atom. The van der Waals surface area contributed by atoms with Crippen LogP contribution in [0.5, 0.6) is 0 Å². The zero-order valence-electron chi connectivity index (χ0n) is 15.5. The van der Waals surface area contributed by atoms with Crippen molar-refractivity contribution in [2.75, 3.05) is 47.8 Å². The van der Waals surface area contributed by atoms with Crippen LogP contribution in [0.3, 0.4) is 0 Å². The monoisotopic (exact) mass is 349 g/mol. The fraction of sp³-hybridized carbons (Fsp3) is 0.737. The average molecular weight is 350 g/mol. The fourth-order valence-electron chi connectivity index (χ4n) is 4.55. The van der Waals surface area contributed by atoms with Crippen molar-refractivity contribution in [3.05, 3.63) is 22.4 Å². The maximum absolute atomic E-state index is 12.0.